The summed E-state index contributed by atoms with van der Waals surface area (Å²) in [6.07, 6.45) is 7.65. The summed E-state index contributed by atoms with van der Waals surface area (Å²) in [7, 11) is 1.64. The molecule has 174 valence electrons. The zero-order chi connectivity index (χ0) is 22.8. The van der Waals surface area contributed by atoms with Crippen LogP contribution in [0.15, 0.2) is 61.2 Å². The predicted molar refractivity (Wildman–Crippen MR) is 140 cm³/mol. The lowest BCUT2D eigenvalue weighted by molar-refractivity contribution is 0.0964. The molecule has 7 nitrogen and oxygen atoms in total. The highest BCUT2D eigenvalue weighted by Gasteiger charge is 2.24. The van der Waals surface area contributed by atoms with E-state index in [1.54, 1.807) is 25.6 Å². The molecule has 0 radical (unpaired) electrons. The van der Waals surface area contributed by atoms with Crippen molar-refractivity contribution in [3.05, 3.63) is 78.0 Å². The predicted octanol–water partition coefficient (Wildman–Crippen LogP) is 4.65. The molecule has 4 aromatic rings. The molecule has 1 atom stereocenters. The SMILES string of the molecule is CNC(=O)c1ccnc2c([C@H](C)CNc3cc(-c4ccc(C5CC5)nc4)ncn3)cccc12.S. The maximum atomic E-state index is 12.3. The van der Waals surface area contributed by atoms with E-state index in [-0.39, 0.29) is 25.3 Å². The van der Waals surface area contributed by atoms with Gasteiger partial charge in [0.05, 0.1) is 16.8 Å². The molecule has 0 aliphatic heterocycles. The molecule has 1 aliphatic rings. The summed E-state index contributed by atoms with van der Waals surface area (Å²) in [6.45, 7) is 2.80. The van der Waals surface area contributed by atoms with Gasteiger partial charge in [-0.3, -0.25) is 14.8 Å². The zero-order valence-electron chi connectivity index (χ0n) is 19.2. The number of nitrogens with one attached hydrogen (secondary N) is 2. The maximum Gasteiger partial charge on any atom is 0.251 e. The number of fused-ring (bicyclic) bond motifs is 1. The normalized spacial score (nSPS) is 13.7. The molecule has 1 aromatic carbocycles. The molecule has 5 rings (SSSR count). The lowest BCUT2D eigenvalue weighted by Crippen LogP contribution is -2.18. The number of pyridine rings is 2. The summed E-state index contributed by atoms with van der Waals surface area (Å²) in [5.74, 6) is 1.44. The Bertz CT molecular complexity index is 1310. The molecule has 0 unspecified atom stereocenters. The minimum absolute atomic E-state index is 0. The van der Waals surface area contributed by atoms with Crippen molar-refractivity contribution in [3.8, 4) is 11.3 Å². The molecule has 8 heteroatoms. The van der Waals surface area contributed by atoms with Crippen molar-refractivity contribution in [1.82, 2.24) is 25.3 Å². The van der Waals surface area contributed by atoms with Crippen molar-refractivity contribution in [2.75, 3.05) is 18.9 Å². The fourth-order valence-corrected chi connectivity index (χ4v) is 4.09. The van der Waals surface area contributed by atoms with Crippen LogP contribution < -0.4 is 10.6 Å². The Morgan fingerprint density at radius 3 is 2.68 bits per heavy atom. The third kappa shape index (κ3) is 4.87. The number of amides is 1. The van der Waals surface area contributed by atoms with E-state index in [1.807, 2.05) is 24.4 Å². The van der Waals surface area contributed by atoms with E-state index < -0.39 is 0 Å². The smallest absolute Gasteiger partial charge is 0.251 e. The van der Waals surface area contributed by atoms with Gasteiger partial charge in [0.25, 0.3) is 5.91 Å². The van der Waals surface area contributed by atoms with Gasteiger partial charge in [-0.2, -0.15) is 13.5 Å². The van der Waals surface area contributed by atoms with Crippen molar-refractivity contribution in [2.45, 2.75) is 31.6 Å². The van der Waals surface area contributed by atoms with Gasteiger partial charge >= 0.3 is 0 Å². The Hall–Kier alpha value is -3.52. The Balaban J connectivity index is 0.00000274. The summed E-state index contributed by atoms with van der Waals surface area (Å²) in [5, 5.41) is 6.98. The van der Waals surface area contributed by atoms with Crippen LogP contribution in [0.5, 0.6) is 0 Å². The lowest BCUT2D eigenvalue weighted by atomic mass is 9.96. The monoisotopic (exact) mass is 472 g/mol. The molecule has 1 saturated carbocycles. The summed E-state index contributed by atoms with van der Waals surface area (Å²) in [4.78, 5) is 30.2. The van der Waals surface area contributed by atoms with E-state index in [0.29, 0.717) is 18.0 Å². The van der Waals surface area contributed by atoms with Crippen LogP contribution in [-0.2, 0) is 0 Å². The largest absolute Gasteiger partial charge is 0.369 e. The highest BCUT2D eigenvalue weighted by Crippen LogP contribution is 2.39. The average Bonchev–Trinajstić information content (AvgIpc) is 3.72. The van der Waals surface area contributed by atoms with Gasteiger partial charge in [-0.15, -0.1) is 0 Å². The number of para-hydroxylation sites is 1. The van der Waals surface area contributed by atoms with Crippen LogP contribution in [0.1, 0.15) is 53.2 Å². The Morgan fingerprint density at radius 1 is 1.09 bits per heavy atom. The van der Waals surface area contributed by atoms with Gasteiger partial charge in [0.1, 0.15) is 12.1 Å². The number of anilines is 1. The molecule has 1 aliphatic carbocycles. The first-order valence-electron chi connectivity index (χ1n) is 11.3. The number of benzene rings is 1. The molecule has 2 N–H and O–H groups in total. The first kappa shape index (κ1) is 23.6. The molecule has 0 saturated heterocycles. The number of rotatable bonds is 7. The molecule has 3 aromatic heterocycles. The highest BCUT2D eigenvalue weighted by atomic mass is 32.1. The van der Waals surface area contributed by atoms with Crippen molar-refractivity contribution in [3.63, 3.8) is 0 Å². The summed E-state index contributed by atoms with van der Waals surface area (Å²) in [5.41, 5.74) is 5.56. The maximum absolute atomic E-state index is 12.3. The van der Waals surface area contributed by atoms with Gasteiger partial charge in [0, 0.05) is 60.5 Å². The van der Waals surface area contributed by atoms with Crippen LogP contribution >= 0.6 is 13.5 Å². The first-order chi connectivity index (χ1) is 16.1. The first-order valence-corrected chi connectivity index (χ1v) is 11.3. The molecule has 1 fully saturated rings. The van der Waals surface area contributed by atoms with E-state index >= 15 is 0 Å². The van der Waals surface area contributed by atoms with Crippen LogP contribution in [0.3, 0.4) is 0 Å². The third-order valence-corrected chi connectivity index (χ3v) is 6.14. The number of hydrogen-bond acceptors (Lipinski definition) is 6. The van der Waals surface area contributed by atoms with E-state index in [4.69, 9.17) is 0 Å². The second-order valence-corrected chi connectivity index (χ2v) is 8.50. The zero-order valence-corrected chi connectivity index (χ0v) is 20.2. The summed E-state index contributed by atoms with van der Waals surface area (Å²) >= 11 is 0. The van der Waals surface area contributed by atoms with Crippen molar-refractivity contribution < 1.29 is 4.79 Å². The number of carbonyl (C=O) groups excluding carboxylic acids is 1. The van der Waals surface area contributed by atoms with Gasteiger partial charge in [0.2, 0.25) is 0 Å². The molecule has 0 spiro atoms. The molecule has 0 bridgehead atoms. The van der Waals surface area contributed by atoms with Crippen LogP contribution in [0.25, 0.3) is 22.2 Å². The topological polar surface area (TPSA) is 92.7 Å². The van der Waals surface area contributed by atoms with E-state index in [9.17, 15) is 4.79 Å². The lowest BCUT2D eigenvalue weighted by Gasteiger charge is -2.16. The summed E-state index contributed by atoms with van der Waals surface area (Å²) in [6, 6.07) is 13.9. The molecule has 34 heavy (non-hydrogen) atoms. The number of carbonyl (C=O) groups is 1. The number of hydrogen-bond donors (Lipinski definition) is 2. The molecule has 3 heterocycles. The van der Waals surface area contributed by atoms with Crippen molar-refractivity contribution in [2.24, 2.45) is 0 Å². The van der Waals surface area contributed by atoms with E-state index in [1.165, 1.54) is 18.5 Å². The third-order valence-electron chi connectivity index (χ3n) is 6.14. The highest BCUT2D eigenvalue weighted by molar-refractivity contribution is 7.59. The standard InChI is InChI=1S/C26H26N6O.H2S/c1-16(19-4-3-5-20-21(26(33)27-2)10-11-28-25(19)20)13-30-24-12-23(31-15-32-24)18-8-9-22(29-14-18)17-6-7-17;/h3-5,8-12,14-17H,6-7,13H2,1-2H3,(H,27,33)(H,30,31,32);1H2/t16-;/m1./s1. The van der Waals surface area contributed by atoms with Crippen LogP contribution in [0.2, 0.25) is 0 Å². The fourth-order valence-electron chi connectivity index (χ4n) is 4.09. The Labute approximate surface area is 205 Å². The number of aromatic nitrogens is 4. The van der Waals surface area contributed by atoms with Gasteiger partial charge in [-0.05, 0) is 36.6 Å². The average molecular weight is 473 g/mol. The minimum Gasteiger partial charge on any atom is -0.369 e. The van der Waals surface area contributed by atoms with Crippen LogP contribution in [-0.4, -0.2) is 39.4 Å². The fraction of sp³-hybridized carbons (Fsp3) is 0.269. The van der Waals surface area contributed by atoms with Crippen molar-refractivity contribution in [1.29, 1.82) is 0 Å². The molecular weight excluding hydrogens is 444 g/mol. The van der Waals surface area contributed by atoms with Crippen LogP contribution in [0, 0.1) is 0 Å². The minimum atomic E-state index is -0.113. The second kappa shape index (κ2) is 10.2. The second-order valence-electron chi connectivity index (χ2n) is 8.50. The molecular formula is C26H28N6OS. The Kier molecular flexibility index (Phi) is 7.07. The summed E-state index contributed by atoms with van der Waals surface area (Å²) < 4.78 is 0. The Morgan fingerprint density at radius 2 is 1.94 bits per heavy atom. The quantitative estimate of drug-likeness (QED) is 0.407. The van der Waals surface area contributed by atoms with Gasteiger partial charge in [0.15, 0.2) is 0 Å². The van der Waals surface area contributed by atoms with Crippen molar-refractivity contribution >= 4 is 36.1 Å². The van der Waals surface area contributed by atoms with Crippen LogP contribution in [0.4, 0.5) is 5.82 Å². The van der Waals surface area contributed by atoms with Gasteiger partial charge < -0.3 is 10.6 Å². The van der Waals surface area contributed by atoms with E-state index in [2.05, 4.69) is 55.7 Å². The molecule has 1 amide bonds. The van der Waals surface area contributed by atoms with Gasteiger partial charge in [-0.1, -0.05) is 25.1 Å². The number of nitrogens with zero attached hydrogens (tertiary/aromatic N) is 4. The van der Waals surface area contributed by atoms with Gasteiger partial charge in [-0.25, -0.2) is 9.97 Å². The van der Waals surface area contributed by atoms with E-state index in [0.717, 1.165) is 33.5 Å².